The summed E-state index contributed by atoms with van der Waals surface area (Å²) in [6, 6.07) is 12.2. The normalized spacial score (nSPS) is 14.1. The zero-order valence-corrected chi connectivity index (χ0v) is 15.1. The number of rotatable bonds is 4. The van der Waals surface area contributed by atoms with Crippen molar-refractivity contribution < 1.29 is 28.9 Å². The highest BCUT2D eigenvalue weighted by Crippen LogP contribution is 2.42. The van der Waals surface area contributed by atoms with Gasteiger partial charge in [0.05, 0.1) is 0 Å². The number of hydrogen-bond donors (Lipinski definition) is 3. The number of allylic oxidation sites excluding steroid dienone is 1. The van der Waals surface area contributed by atoms with E-state index in [-0.39, 0.29) is 17.3 Å². The molecule has 1 aliphatic rings. The fraction of sp³-hybridized carbons (Fsp3) is 0.0588. The molecule has 130 valence electrons. The molecule has 6 nitrogen and oxygen atoms in total. The van der Waals surface area contributed by atoms with Crippen LogP contribution in [0.5, 0.6) is 11.5 Å². The molecule has 1 aliphatic heterocycles. The Labute approximate surface area is 146 Å². The molecule has 0 aliphatic carbocycles. The molecule has 1 atom stereocenters. The van der Waals surface area contributed by atoms with Gasteiger partial charge in [0.15, 0.2) is 17.9 Å². The number of aliphatic hydroxyl groups is 1. The van der Waals surface area contributed by atoms with Gasteiger partial charge in [-0.05, 0) is 11.4 Å². The second-order valence-electron chi connectivity index (χ2n) is 5.45. The van der Waals surface area contributed by atoms with Gasteiger partial charge in [0.1, 0.15) is 11.5 Å². The van der Waals surface area contributed by atoms with Crippen LogP contribution in [0.3, 0.4) is 0 Å². The van der Waals surface area contributed by atoms with Gasteiger partial charge >= 0.3 is 7.60 Å². The Hall–Kier alpha value is -2.10. The monoisotopic (exact) mass is 378 g/mol. The Bertz CT molecular complexity index is 914. The van der Waals surface area contributed by atoms with E-state index >= 15 is 0 Å². The fourth-order valence-electron chi connectivity index (χ4n) is 2.46. The van der Waals surface area contributed by atoms with Gasteiger partial charge in [0.25, 0.3) is 0 Å². The first-order chi connectivity index (χ1) is 11.8. The van der Waals surface area contributed by atoms with Crippen LogP contribution in [-0.4, -0.2) is 21.2 Å². The minimum atomic E-state index is -4.29. The van der Waals surface area contributed by atoms with E-state index < -0.39 is 13.9 Å². The minimum Gasteiger partial charge on any atom is -0.504 e. The quantitative estimate of drug-likeness (QED) is 0.708. The van der Waals surface area contributed by atoms with E-state index in [4.69, 9.17) is 19.3 Å². The van der Waals surface area contributed by atoms with Gasteiger partial charge in [-0.3, -0.25) is 4.57 Å². The van der Waals surface area contributed by atoms with Crippen molar-refractivity contribution in [3.8, 4) is 11.5 Å². The zero-order valence-electron chi connectivity index (χ0n) is 13.0. The van der Waals surface area contributed by atoms with Crippen LogP contribution in [0.4, 0.5) is 0 Å². The van der Waals surface area contributed by atoms with E-state index in [0.717, 1.165) is 0 Å². The van der Waals surface area contributed by atoms with Crippen LogP contribution in [0.15, 0.2) is 54.8 Å². The third-order valence-corrected chi connectivity index (χ3v) is 4.48. The van der Waals surface area contributed by atoms with Crippen molar-refractivity contribution >= 4 is 33.5 Å². The van der Waals surface area contributed by atoms with Gasteiger partial charge in [-0.2, -0.15) is 0 Å². The van der Waals surface area contributed by atoms with Crippen molar-refractivity contribution in [3.05, 3.63) is 65.9 Å². The maximum Gasteiger partial charge on any atom is 0.362 e. The Morgan fingerprint density at radius 1 is 1.20 bits per heavy atom. The summed E-state index contributed by atoms with van der Waals surface area (Å²) in [5, 5.41) is 11.1. The molecule has 0 bridgehead atoms. The number of aliphatic hydroxyl groups excluding tert-OH is 1. The molecule has 0 saturated heterocycles. The minimum absolute atomic E-state index is 0.0636. The zero-order chi connectivity index (χ0) is 18.2. The summed E-state index contributed by atoms with van der Waals surface area (Å²) in [5.41, 5.74) is 1.66. The van der Waals surface area contributed by atoms with Crippen LogP contribution >= 0.6 is 16.8 Å². The van der Waals surface area contributed by atoms with Gasteiger partial charge in [0, 0.05) is 22.8 Å². The third-order valence-electron chi connectivity index (χ3n) is 3.56. The summed E-state index contributed by atoms with van der Waals surface area (Å²) >= 11 is 0. The molecule has 1 heterocycles. The first-order valence-corrected chi connectivity index (χ1v) is 9.61. The summed E-state index contributed by atoms with van der Waals surface area (Å²) in [5.74, 6) is 0.824. The lowest BCUT2D eigenvalue weighted by atomic mass is 9.98. The summed E-state index contributed by atoms with van der Waals surface area (Å²) in [6.07, 6.45) is -0.733. The highest BCUT2D eigenvalue weighted by Gasteiger charge is 2.27. The van der Waals surface area contributed by atoms with Crippen LogP contribution in [0, 0.1) is 0 Å². The van der Waals surface area contributed by atoms with Gasteiger partial charge in [-0.25, -0.2) is 0 Å². The summed E-state index contributed by atoms with van der Waals surface area (Å²) in [6.45, 7) is 3.92. The predicted molar refractivity (Wildman–Crippen MR) is 99.0 cm³/mol. The van der Waals surface area contributed by atoms with Gasteiger partial charge in [-0.15, -0.1) is 9.24 Å². The number of ether oxygens (including phenoxy) is 2. The van der Waals surface area contributed by atoms with E-state index in [1.807, 2.05) is 18.2 Å². The molecule has 1 unspecified atom stereocenters. The molecular formula is C17H16O6P2. The topological polar surface area (TPSA) is 96.2 Å². The molecule has 0 spiro atoms. The van der Waals surface area contributed by atoms with E-state index in [1.54, 1.807) is 18.2 Å². The summed E-state index contributed by atoms with van der Waals surface area (Å²) in [4.78, 5) is 17.9. The summed E-state index contributed by atoms with van der Waals surface area (Å²) < 4.78 is 22.0. The second-order valence-corrected chi connectivity index (χ2v) is 7.66. The van der Waals surface area contributed by atoms with Gasteiger partial charge < -0.3 is 24.4 Å². The van der Waals surface area contributed by atoms with Gasteiger partial charge in [0.2, 0.25) is 0 Å². The molecule has 2 aromatic rings. The number of hydrogen-bond acceptors (Lipinski definition) is 4. The molecule has 0 radical (unpaired) electrons. The maximum absolute atomic E-state index is 11.0. The Balaban J connectivity index is 2.00. The van der Waals surface area contributed by atoms with Crippen molar-refractivity contribution in [1.29, 1.82) is 0 Å². The average molecular weight is 378 g/mol. The van der Waals surface area contributed by atoms with Crippen molar-refractivity contribution in [2.75, 3.05) is 6.35 Å². The average Bonchev–Trinajstić information content (AvgIpc) is 2.56. The van der Waals surface area contributed by atoms with E-state index in [2.05, 4.69) is 15.8 Å². The lowest BCUT2D eigenvalue weighted by Crippen LogP contribution is -2.14. The summed E-state index contributed by atoms with van der Waals surface area (Å²) in [7, 11) is -1.82. The smallest absolute Gasteiger partial charge is 0.362 e. The highest BCUT2D eigenvalue weighted by molar-refractivity contribution is 7.51. The second kappa shape index (κ2) is 6.66. The maximum atomic E-state index is 11.0. The lowest BCUT2D eigenvalue weighted by Gasteiger charge is -2.24. The van der Waals surface area contributed by atoms with Crippen molar-refractivity contribution in [2.45, 2.75) is 0 Å². The van der Waals surface area contributed by atoms with E-state index in [0.29, 0.717) is 27.8 Å². The Morgan fingerprint density at radius 2 is 1.88 bits per heavy atom. The molecule has 3 rings (SSSR count). The molecular weight excluding hydrogens is 362 g/mol. The molecule has 2 aromatic carbocycles. The molecule has 0 amide bonds. The first-order valence-electron chi connectivity index (χ1n) is 7.23. The first kappa shape index (κ1) is 17.7. The van der Waals surface area contributed by atoms with E-state index in [9.17, 15) is 9.67 Å². The predicted octanol–water partition coefficient (Wildman–Crippen LogP) is 3.03. The van der Waals surface area contributed by atoms with Crippen molar-refractivity contribution in [3.63, 3.8) is 0 Å². The van der Waals surface area contributed by atoms with Crippen LogP contribution in [0.2, 0.25) is 0 Å². The van der Waals surface area contributed by atoms with Crippen LogP contribution in [-0.2, 0) is 4.57 Å². The number of fused-ring (bicyclic) bond motifs is 1. The highest BCUT2D eigenvalue weighted by atomic mass is 31.2. The molecule has 8 heteroatoms. The standard InChI is InChI=1S/C17H16O6P2/c1-10-15-13(7-12(8-14(15)24)22-9-25(19,20)21)23-17(16(10)18)11-5-3-2-4-6-11/h2-8,18H,1,9,24H2,(H2,19,20,21). The van der Waals surface area contributed by atoms with Crippen LogP contribution in [0.1, 0.15) is 11.1 Å². The Kier molecular flexibility index (Phi) is 4.72. The van der Waals surface area contributed by atoms with Crippen molar-refractivity contribution in [2.24, 2.45) is 0 Å². The van der Waals surface area contributed by atoms with E-state index in [1.165, 1.54) is 6.07 Å². The van der Waals surface area contributed by atoms with Crippen molar-refractivity contribution in [1.82, 2.24) is 0 Å². The number of benzene rings is 2. The van der Waals surface area contributed by atoms with Gasteiger partial charge in [-0.1, -0.05) is 36.9 Å². The molecule has 3 N–H and O–H groups in total. The SMILES string of the molecule is C=C1C(O)=C(c2ccccc2)Oc2cc(OCP(=O)(O)O)cc(P)c21. The Morgan fingerprint density at radius 3 is 2.52 bits per heavy atom. The fourth-order valence-corrected chi connectivity index (χ4v) is 3.25. The molecule has 25 heavy (non-hydrogen) atoms. The van der Waals surface area contributed by atoms with Crippen LogP contribution < -0.4 is 14.8 Å². The van der Waals surface area contributed by atoms with Crippen LogP contribution in [0.25, 0.3) is 11.3 Å². The largest absolute Gasteiger partial charge is 0.504 e. The lowest BCUT2D eigenvalue weighted by molar-refractivity contribution is 0.300. The molecule has 0 fully saturated rings. The molecule has 0 aromatic heterocycles. The third kappa shape index (κ3) is 3.78. The molecule has 0 saturated carbocycles.